The molecule has 0 aromatic rings. The van der Waals surface area contributed by atoms with Crippen LogP contribution in [0, 0.1) is 0 Å². The number of rotatable bonds is 7. The number of hydrogen-bond donors (Lipinski definition) is 1. The molecule has 0 aromatic carbocycles. The van der Waals surface area contributed by atoms with Gasteiger partial charge in [0.1, 0.15) is 6.61 Å². The summed E-state index contributed by atoms with van der Waals surface area (Å²) in [6, 6.07) is 0. The van der Waals surface area contributed by atoms with Crippen molar-refractivity contribution in [3.8, 4) is 0 Å². The van der Waals surface area contributed by atoms with Crippen LogP contribution >= 0.6 is 0 Å². The molecule has 0 bridgehead atoms. The highest BCUT2D eigenvalue weighted by atomic mass is 16.5. The molecule has 4 heteroatoms. The topological polar surface area (TPSA) is 41.6 Å². The van der Waals surface area contributed by atoms with E-state index in [0.29, 0.717) is 13.0 Å². The van der Waals surface area contributed by atoms with Gasteiger partial charge in [0.25, 0.3) is 0 Å². The Kier molecular flexibility index (Phi) is 7.17. The van der Waals surface area contributed by atoms with Gasteiger partial charge in [0.05, 0.1) is 0 Å². The smallest absolute Gasteiger partial charge is 0.305 e. The summed E-state index contributed by atoms with van der Waals surface area (Å²) in [5, 5.41) is 3.30. The first-order chi connectivity index (χ1) is 7.83. The lowest BCUT2D eigenvalue weighted by molar-refractivity contribution is -0.144. The van der Waals surface area contributed by atoms with E-state index < -0.39 is 0 Å². The van der Waals surface area contributed by atoms with Crippen LogP contribution in [-0.2, 0) is 9.53 Å². The monoisotopic (exact) mass is 228 g/mol. The molecular weight excluding hydrogens is 204 g/mol. The van der Waals surface area contributed by atoms with Crippen LogP contribution in [0.4, 0.5) is 0 Å². The van der Waals surface area contributed by atoms with Crippen molar-refractivity contribution in [3.63, 3.8) is 0 Å². The predicted octanol–water partition coefficient (Wildman–Crippen LogP) is 1.02. The van der Waals surface area contributed by atoms with Crippen LogP contribution in [-0.4, -0.2) is 50.2 Å². The summed E-state index contributed by atoms with van der Waals surface area (Å²) < 4.78 is 5.19. The average Bonchev–Trinajstić information content (AvgIpc) is 2.31. The first-order valence-electron chi connectivity index (χ1n) is 6.41. The molecule has 0 spiro atoms. The maximum atomic E-state index is 11.3. The third kappa shape index (κ3) is 6.08. The van der Waals surface area contributed by atoms with Crippen molar-refractivity contribution in [1.29, 1.82) is 0 Å². The van der Waals surface area contributed by atoms with Gasteiger partial charge in [0, 0.05) is 39.1 Å². The predicted molar refractivity (Wildman–Crippen MR) is 64.4 cm³/mol. The fourth-order valence-corrected chi connectivity index (χ4v) is 1.81. The second-order valence-electron chi connectivity index (χ2n) is 4.27. The number of nitrogens with zero attached hydrogens (tertiary/aromatic N) is 1. The van der Waals surface area contributed by atoms with Gasteiger partial charge in [-0.25, -0.2) is 0 Å². The van der Waals surface area contributed by atoms with E-state index in [1.165, 1.54) is 0 Å². The van der Waals surface area contributed by atoms with Crippen LogP contribution in [0.1, 0.15) is 32.6 Å². The average molecular weight is 228 g/mol. The van der Waals surface area contributed by atoms with Gasteiger partial charge in [0.15, 0.2) is 0 Å². The van der Waals surface area contributed by atoms with Gasteiger partial charge in [-0.2, -0.15) is 0 Å². The van der Waals surface area contributed by atoms with Crippen molar-refractivity contribution in [1.82, 2.24) is 10.2 Å². The van der Waals surface area contributed by atoms with Crippen molar-refractivity contribution >= 4 is 5.97 Å². The molecule has 1 fully saturated rings. The van der Waals surface area contributed by atoms with E-state index >= 15 is 0 Å². The largest absolute Gasteiger partial charge is 0.464 e. The van der Waals surface area contributed by atoms with Crippen molar-refractivity contribution in [2.45, 2.75) is 32.6 Å². The summed E-state index contributed by atoms with van der Waals surface area (Å²) in [7, 11) is 0. The molecule has 1 aliphatic heterocycles. The number of esters is 1. The number of ether oxygens (including phenoxy) is 1. The van der Waals surface area contributed by atoms with E-state index in [1.54, 1.807) is 0 Å². The first-order valence-corrected chi connectivity index (χ1v) is 6.41. The Morgan fingerprint density at radius 3 is 2.75 bits per heavy atom. The highest BCUT2D eigenvalue weighted by Crippen LogP contribution is 2.00. The molecule has 0 unspecified atom stereocenters. The summed E-state index contributed by atoms with van der Waals surface area (Å²) in [6.45, 7) is 7.78. The van der Waals surface area contributed by atoms with Crippen LogP contribution in [0.3, 0.4) is 0 Å². The molecule has 0 radical (unpaired) electrons. The number of nitrogens with one attached hydrogen (secondary N) is 1. The highest BCUT2D eigenvalue weighted by Gasteiger charge is 2.09. The molecule has 0 aliphatic carbocycles. The summed E-state index contributed by atoms with van der Waals surface area (Å²) in [4.78, 5) is 13.6. The number of hydrogen-bond acceptors (Lipinski definition) is 4. The summed E-state index contributed by atoms with van der Waals surface area (Å²) in [5.74, 6) is -0.0383. The van der Waals surface area contributed by atoms with Crippen LogP contribution in [0.5, 0.6) is 0 Å². The van der Waals surface area contributed by atoms with E-state index in [1.807, 2.05) is 0 Å². The van der Waals surface area contributed by atoms with Crippen LogP contribution in [0.25, 0.3) is 0 Å². The molecule has 0 amide bonds. The van der Waals surface area contributed by atoms with Gasteiger partial charge in [-0.3, -0.25) is 9.69 Å². The number of carbonyl (C=O) groups is 1. The van der Waals surface area contributed by atoms with Gasteiger partial charge in [-0.15, -0.1) is 0 Å². The molecule has 1 rings (SSSR count). The third-order valence-corrected chi connectivity index (χ3v) is 2.86. The van der Waals surface area contributed by atoms with Crippen molar-refractivity contribution in [2.75, 3.05) is 39.3 Å². The highest BCUT2D eigenvalue weighted by molar-refractivity contribution is 5.69. The van der Waals surface area contributed by atoms with Crippen molar-refractivity contribution in [3.05, 3.63) is 0 Å². The molecule has 0 atom stereocenters. The standard InChI is InChI=1S/C12H24N2O2/c1-2-3-4-5-12(15)16-11-10-14-8-6-13-7-9-14/h13H,2-11H2,1H3. The van der Waals surface area contributed by atoms with Crippen molar-refractivity contribution < 1.29 is 9.53 Å². The lowest BCUT2D eigenvalue weighted by atomic mass is 10.2. The first kappa shape index (κ1) is 13.5. The normalized spacial score (nSPS) is 17.3. The van der Waals surface area contributed by atoms with Crippen molar-refractivity contribution in [2.24, 2.45) is 0 Å². The number of carbonyl (C=O) groups excluding carboxylic acids is 1. The van der Waals surface area contributed by atoms with Gasteiger partial charge in [-0.05, 0) is 6.42 Å². The Morgan fingerprint density at radius 1 is 1.31 bits per heavy atom. The van der Waals surface area contributed by atoms with E-state index in [4.69, 9.17) is 4.74 Å². The van der Waals surface area contributed by atoms with E-state index in [0.717, 1.165) is 52.0 Å². The minimum atomic E-state index is -0.0383. The fourth-order valence-electron chi connectivity index (χ4n) is 1.81. The zero-order valence-electron chi connectivity index (χ0n) is 10.3. The SMILES string of the molecule is CCCCCC(=O)OCCN1CCNCC1. The molecule has 1 saturated heterocycles. The van der Waals surface area contributed by atoms with Crippen LogP contribution in [0.15, 0.2) is 0 Å². The Hall–Kier alpha value is -0.610. The second kappa shape index (κ2) is 8.53. The fraction of sp³-hybridized carbons (Fsp3) is 0.917. The maximum absolute atomic E-state index is 11.3. The minimum Gasteiger partial charge on any atom is -0.464 e. The molecule has 1 heterocycles. The van der Waals surface area contributed by atoms with Gasteiger partial charge in [-0.1, -0.05) is 19.8 Å². The minimum absolute atomic E-state index is 0.0383. The lowest BCUT2D eigenvalue weighted by Gasteiger charge is -2.26. The molecule has 1 N–H and O–H groups in total. The maximum Gasteiger partial charge on any atom is 0.305 e. The quantitative estimate of drug-likeness (QED) is 0.522. The van der Waals surface area contributed by atoms with Gasteiger partial charge < -0.3 is 10.1 Å². The molecule has 0 aromatic heterocycles. The molecule has 0 saturated carbocycles. The Bertz CT molecular complexity index is 191. The zero-order valence-corrected chi connectivity index (χ0v) is 10.3. The summed E-state index contributed by atoms with van der Waals surface area (Å²) in [6.07, 6.45) is 3.80. The zero-order chi connectivity index (χ0) is 11.6. The molecule has 94 valence electrons. The Labute approximate surface area is 98.3 Å². The molecule has 16 heavy (non-hydrogen) atoms. The lowest BCUT2D eigenvalue weighted by Crippen LogP contribution is -2.44. The number of piperazine rings is 1. The molecular formula is C12H24N2O2. The van der Waals surface area contributed by atoms with Gasteiger partial charge in [0.2, 0.25) is 0 Å². The second-order valence-corrected chi connectivity index (χ2v) is 4.27. The van der Waals surface area contributed by atoms with E-state index in [2.05, 4.69) is 17.1 Å². The number of unbranched alkanes of at least 4 members (excludes halogenated alkanes) is 2. The third-order valence-electron chi connectivity index (χ3n) is 2.86. The van der Waals surface area contributed by atoms with Gasteiger partial charge >= 0.3 is 5.97 Å². The summed E-state index contributed by atoms with van der Waals surface area (Å²) in [5.41, 5.74) is 0. The Morgan fingerprint density at radius 2 is 2.06 bits per heavy atom. The molecule has 1 aliphatic rings. The van der Waals surface area contributed by atoms with E-state index in [9.17, 15) is 4.79 Å². The van der Waals surface area contributed by atoms with Crippen LogP contribution < -0.4 is 5.32 Å². The summed E-state index contributed by atoms with van der Waals surface area (Å²) >= 11 is 0. The Balaban J connectivity index is 1.94. The van der Waals surface area contributed by atoms with E-state index in [-0.39, 0.29) is 5.97 Å². The van der Waals surface area contributed by atoms with Crippen LogP contribution in [0.2, 0.25) is 0 Å². The molecule has 4 nitrogen and oxygen atoms in total.